The molecule has 0 amide bonds. The molecule has 0 aliphatic rings. The predicted octanol–water partition coefficient (Wildman–Crippen LogP) is 1.96. The highest BCUT2D eigenvalue weighted by atomic mass is 16.5. The minimum absolute atomic E-state index is 0.0477. The second kappa shape index (κ2) is 4.60. The molecule has 76 valence electrons. The fourth-order valence-corrected chi connectivity index (χ4v) is 0.896. The van der Waals surface area contributed by atoms with Gasteiger partial charge in [0.1, 0.15) is 0 Å². The zero-order chi connectivity index (χ0) is 10.6. The van der Waals surface area contributed by atoms with Crippen molar-refractivity contribution in [2.24, 2.45) is 0 Å². The standard InChI is InChI=1S/C10H13NO3/c1-3-7(2)14-9-6-8(10(12)13)4-5-11-9/h4-7H,3H2,1-2H3,(H,12,13)/t7-/m0/s1. The summed E-state index contributed by atoms with van der Waals surface area (Å²) in [5.41, 5.74) is 0.193. The fraction of sp³-hybridized carbons (Fsp3) is 0.400. The first-order valence-corrected chi connectivity index (χ1v) is 4.49. The van der Waals surface area contributed by atoms with Gasteiger partial charge in [-0.05, 0) is 19.4 Å². The van der Waals surface area contributed by atoms with Gasteiger partial charge >= 0.3 is 5.97 Å². The van der Waals surface area contributed by atoms with Crippen LogP contribution in [0.4, 0.5) is 0 Å². The van der Waals surface area contributed by atoms with Crippen molar-refractivity contribution in [2.45, 2.75) is 26.4 Å². The van der Waals surface area contributed by atoms with Gasteiger partial charge in [0.15, 0.2) is 0 Å². The molecule has 4 nitrogen and oxygen atoms in total. The average molecular weight is 195 g/mol. The van der Waals surface area contributed by atoms with Crippen LogP contribution in [0.3, 0.4) is 0 Å². The number of hydrogen-bond acceptors (Lipinski definition) is 3. The molecule has 1 aromatic rings. The second-order valence-electron chi connectivity index (χ2n) is 3.02. The second-order valence-corrected chi connectivity index (χ2v) is 3.02. The van der Waals surface area contributed by atoms with Gasteiger partial charge in [-0.25, -0.2) is 9.78 Å². The molecule has 0 spiro atoms. The highest BCUT2D eigenvalue weighted by Gasteiger charge is 2.06. The minimum Gasteiger partial charge on any atom is -0.478 e. The van der Waals surface area contributed by atoms with E-state index in [1.807, 2.05) is 13.8 Å². The van der Waals surface area contributed by atoms with Gasteiger partial charge in [-0.2, -0.15) is 0 Å². The predicted molar refractivity (Wildman–Crippen MR) is 51.6 cm³/mol. The molecule has 0 saturated heterocycles. The van der Waals surface area contributed by atoms with Crippen LogP contribution in [0.15, 0.2) is 18.3 Å². The normalized spacial score (nSPS) is 12.1. The van der Waals surface area contributed by atoms with Crippen molar-refractivity contribution >= 4 is 5.97 Å². The van der Waals surface area contributed by atoms with E-state index in [2.05, 4.69) is 4.98 Å². The topological polar surface area (TPSA) is 59.4 Å². The van der Waals surface area contributed by atoms with Gasteiger partial charge in [0.25, 0.3) is 0 Å². The van der Waals surface area contributed by atoms with E-state index in [1.54, 1.807) is 0 Å². The van der Waals surface area contributed by atoms with Gasteiger partial charge in [0.05, 0.1) is 11.7 Å². The van der Waals surface area contributed by atoms with E-state index < -0.39 is 5.97 Å². The maximum Gasteiger partial charge on any atom is 0.335 e. The van der Waals surface area contributed by atoms with E-state index in [0.717, 1.165) is 6.42 Å². The van der Waals surface area contributed by atoms with E-state index >= 15 is 0 Å². The molecule has 0 aromatic carbocycles. The first-order chi connectivity index (χ1) is 6.63. The Balaban J connectivity index is 2.78. The molecular formula is C10H13NO3. The molecular weight excluding hydrogens is 182 g/mol. The number of carboxylic acid groups (broad SMARTS) is 1. The molecule has 0 bridgehead atoms. The Labute approximate surface area is 82.5 Å². The van der Waals surface area contributed by atoms with E-state index in [9.17, 15) is 4.79 Å². The van der Waals surface area contributed by atoms with Crippen LogP contribution in [-0.2, 0) is 0 Å². The van der Waals surface area contributed by atoms with Crippen LogP contribution in [0.2, 0.25) is 0 Å². The third kappa shape index (κ3) is 2.73. The van der Waals surface area contributed by atoms with Gasteiger partial charge in [-0.15, -0.1) is 0 Å². The molecule has 0 aliphatic carbocycles. The number of aromatic nitrogens is 1. The summed E-state index contributed by atoms with van der Waals surface area (Å²) < 4.78 is 5.38. The van der Waals surface area contributed by atoms with Crippen LogP contribution in [-0.4, -0.2) is 22.2 Å². The van der Waals surface area contributed by atoms with E-state index in [1.165, 1.54) is 18.3 Å². The van der Waals surface area contributed by atoms with E-state index in [0.29, 0.717) is 5.88 Å². The van der Waals surface area contributed by atoms with Crippen molar-refractivity contribution in [3.8, 4) is 5.88 Å². The molecule has 1 heterocycles. The van der Waals surface area contributed by atoms with Crippen LogP contribution in [0.5, 0.6) is 5.88 Å². The Morgan fingerprint density at radius 3 is 3.00 bits per heavy atom. The number of rotatable bonds is 4. The summed E-state index contributed by atoms with van der Waals surface area (Å²) in [6, 6.07) is 2.86. The van der Waals surface area contributed by atoms with Crippen molar-refractivity contribution < 1.29 is 14.6 Å². The minimum atomic E-state index is -0.971. The van der Waals surface area contributed by atoms with Crippen molar-refractivity contribution in [1.82, 2.24) is 4.98 Å². The molecule has 0 aliphatic heterocycles. The first-order valence-electron chi connectivity index (χ1n) is 4.49. The lowest BCUT2D eigenvalue weighted by molar-refractivity contribution is 0.0695. The molecule has 0 unspecified atom stereocenters. The van der Waals surface area contributed by atoms with Gasteiger partial charge < -0.3 is 9.84 Å². The first kappa shape index (κ1) is 10.5. The van der Waals surface area contributed by atoms with Crippen LogP contribution in [0.25, 0.3) is 0 Å². The van der Waals surface area contributed by atoms with Crippen molar-refractivity contribution in [2.75, 3.05) is 0 Å². The van der Waals surface area contributed by atoms with Crippen LogP contribution in [0.1, 0.15) is 30.6 Å². The molecule has 4 heteroatoms. The van der Waals surface area contributed by atoms with Crippen molar-refractivity contribution in [3.63, 3.8) is 0 Å². The summed E-state index contributed by atoms with van der Waals surface area (Å²) in [5, 5.41) is 8.72. The molecule has 0 saturated carbocycles. The highest BCUT2D eigenvalue weighted by molar-refractivity contribution is 5.87. The smallest absolute Gasteiger partial charge is 0.335 e. The summed E-state index contributed by atoms with van der Waals surface area (Å²) >= 11 is 0. The number of ether oxygens (including phenoxy) is 1. The quantitative estimate of drug-likeness (QED) is 0.797. The van der Waals surface area contributed by atoms with Gasteiger partial charge in [-0.3, -0.25) is 0 Å². The van der Waals surface area contributed by atoms with Crippen LogP contribution >= 0.6 is 0 Å². The Morgan fingerprint density at radius 2 is 2.43 bits per heavy atom. The highest BCUT2D eigenvalue weighted by Crippen LogP contribution is 2.11. The molecule has 1 aromatic heterocycles. The van der Waals surface area contributed by atoms with Crippen molar-refractivity contribution in [1.29, 1.82) is 0 Å². The van der Waals surface area contributed by atoms with E-state index in [4.69, 9.17) is 9.84 Å². The van der Waals surface area contributed by atoms with Gasteiger partial charge in [-0.1, -0.05) is 6.92 Å². The third-order valence-corrected chi connectivity index (χ3v) is 1.88. The SMILES string of the molecule is CC[C@H](C)Oc1cc(C(=O)O)ccn1. The lowest BCUT2D eigenvalue weighted by Crippen LogP contribution is -2.11. The maximum absolute atomic E-state index is 10.6. The largest absolute Gasteiger partial charge is 0.478 e. The molecule has 1 atom stereocenters. The number of pyridine rings is 1. The summed E-state index contributed by atoms with van der Waals surface area (Å²) in [6.45, 7) is 3.90. The molecule has 1 N–H and O–H groups in total. The summed E-state index contributed by atoms with van der Waals surface area (Å²) in [6.07, 6.45) is 2.34. The number of aromatic carboxylic acids is 1. The van der Waals surface area contributed by atoms with E-state index in [-0.39, 0.29) is 11.7 Å². The molecule has 14 heavy (non-hydrogen) atoms. The summed E-state index contributed by atoms with van der Waals surface area (Å²) in [4.78, 5) is 14.5. The van der Waals surface area contributed by atoms with Crippen LogP contribution in [0, 0.1) is 0 Å². The number of carboxylic acids is 1. The zero-order valence-electron chi connectivity index (χ0n) is 8.23. The summed E-state index contributed by atoms with van der Waals surface area (Å²) in [7, 11) is 0. The Hall–Kier alpha value is -1.58. The maximum atomic E-state index is 10.6. The zero-order valence-corrected chi connectivity index (χ0v) is 8.23. The Morgan fingerprint density at radius 1 is 1.71 bits per heavy atom. The monoisotopic (exact) mass is 195 g/mol. The van der Waals surface area contributed by atoms with Gasteiger partial charge in [0.2, 0.25) is 5.88 Å². The lowest BCUT2D eigenvalue weighted by Gasteiger charge is -2.11. The van der Waals surface area contributed by atoms with Gasteiger partial charge in [0, 0.05) is 12.3 Å². The fourth-order valence-electron chi connectivity index (χ4n) is 0.896. The Kier molecular flexibility index (Phi) is 3.45. The Bertz CT molecular complexity index is 325. The number of nitrogens with zero attached hydrogens (tertiary/aromatic N) is 1. The third-order valence-electron chi connectivity index (χ3n) is 1.88. The average Bonchev–Trinajstić information content (AvgIpc) is 2.18. The molecule has 0 fully saturated rings. The van der Waals surface area contributed by atoms with Crippen molar-refractivity contribution in [3.05, 3.63) is 23.9 Å². The number of carbonyl (C=O) groups is 1. The number of hydrogen-bond donors (Lipinski definition) is 1. The lowest BCUT2D eigenvalue weighted by atomic mass is 10.2. The molecule has 1 rings (SSSR count). The molecule has 0 radical (unpaired) electrons. The summed E-state index contributed by atoms with van der Waals surface area (Å²) in [5.74, 6) is -0.611. The van der Waals surface area contributed by atoms with Crippen LogP contribution < -0.4 is 4.74 Å².